The van der Waals surface area contributed by atoms with Gasteiger partial charge in [0.1, 0.15) is 10.8 Å². The quantitative estimate of drug-likeness (QED) is 0.917. The molecule has 2 aromatic rings. The molecule has 0 aliphatic rings. The lowest BCUT2D eigenvalue weighted by Crippen LogP contribution is -2.13. The zero-order valence-corrected chi connectivity index (χ0v) is 11.9. The first kappa shape index (κ1) is 12.7. The summed E-state index contributed by atoms with van der Waals surface area (Å²) in [6, 6.07) is 4.39. The minimum absolute atomic E-state index is 0.308. The number of hydrogen-bond acceptors (Lipinski definition) is 3. The summed E-state index contributed by atoms with van der Waals surface area (Å²) in [5.41, 5.74) is 7.47. The van der Waals surface area contributed by atoms with E-state index in [-0.39, 0.29) is 5.82 Å². The summed E-state index contributed by atoms with van der Waals surface area (Å²) in [7, 11) is 0. The van der Waals surface area contributed by atoms with Crippen LogP contribution in [0.3, 0.4) is 0 Å². The van der Waals surface area contributed by atoms with E-state index in [1.165, 1.54) is 17.4 Å². The molecule has 0 aliphatic heterocycles. The van der Waals surface area contributed by atoms with Crippen LogP contribution in [0, 0.1) is 19.7 Å². The first-order valence-electron chi connectivity index (χ1n) is 5.13. The van der Waals surface area contributed by atoms with Crippen molar-refractivity contribution in [1.29, 1.82) is 0 Å². The largest absolute Gasteiger partial charge is 0.318 e. The van der Waals surface area contributed by atoms with Crippen LogP contribution in [-0.4, -0.2) is 4.98 Å². The standard InChI is InChI=1S/C12H12BrFN2S/c1-6-7(2)17-12(16-6)11(15)9-4-3-8(13)5-10(9)14/h3-5,11H,15H2,1-2H3. The average Bonchev–Trinajstić information content (AvgIpc) is 2.58. The van der Waals surface area contributed by atoms with Gasteiger partial charge in [-0.1, -0.05) is 22.0 Å². The lowest BCUT2D eigenvalue weighted by atomic mass is 10.1. The Kier molecular flexibility index (Phi) is 3.61. The third kappa shape index (κ3) is 2.56. The molecule has 2 rings (SSSR count). The van der Waals surface area contributed by atoms with E-state index in [0.717, 1.165) is 15.6 Å². The van der Waals surface area contributed by atoms with Crippen molar-refractivity contribution in [1.82, 2.24) is 4.98 Å². The third-order valence-corrected chi connectivity index (χ3v) is 4.26. The number of nitrogens with zero attached hydrogens (tertiary/aromatic N) is 1. The molecule has 1 aromatic heterocycles. The summed E-state index contributed by atoms with van der Waals surface area (Å²) in [5.74, 6) is -0.308. The molecule has 0 saturated carbocycles. The number of halogens is 2. The van der Waals surface area contributed by atoms with Gasteiger partial charge >= 0.3 is 0 Å². The fourth-order valence-electron chi connectivity index (χ4n) is 1.52. The molecule has 0 bridgehead atoms. The van der Waals surface area contributed by atoms with Gasteiger partial charge in [-0.05, 0) is 26.0 Å². The van der Waals surface area contributed by atoms with Gasteiger partial charge in [-0.15, -0.1) is 11.3 Å². The monoisotopic (exact) mass is 314 g/mol. The number of hydrogen-bond donors (Lipinski definition) is 1. The predicted octanol–water partition coefficient (Wildman–Crippen LogP) is 3.71. The highest BCUT2D eigenvalue weighted by Crippen LogP contribution is 2.28. The van der Waals surface area contributed by atoms with E-state index >= 15 is 0 Å². The molecule has 2 nitrogen and oxygen atoms in total. The maximum absolute atomic E-state index is 13.8. The fourth-order valence-corrected chi connectivity index (χ4v) is 2.79. The fraction of sp³-hybridized carbons (Fsp3) is 0.250. The molecule has 0 fully saturated rings. The van der Waals surface area contributed by atoms with E-state index < -0.39 is 6.04 Å². The second kappa shape index (κ2) is 4.84. The Labute approximate surface area is 112 Å². The van der Waals surface area contributed by atoms with Crippen LogP contribution >= 0.6 is 27.3 Å². The highest BCUT2D eigenvalue weighted by Gasteiger charge is 2.17. The molecule has 90 valence electrons. The van der Waals surface area contributed by atoms with Crippen molar-refractivity contribution in [2.24, 2.45) is 5.73 Å². The van der Waals surface area contributed by atoms with Gasteiger partial charge in [0.05, 0.1) is 11.7 Å². The van der Waals surface area contributed by atoms with E-state index in [9.17, 15) is 4.39 Å². The molecule has 0 radical (unpaired) electrons. The molecule has 0 amide bonds. The normalized spacial score (nSPS) is 12.8. The second-order valence-electron chi connectivity index (χ2n) is 3.84. The lowest BCUT2D eigenvalue weighted by Gasteiger charge is -2.10. The number of rotatable bonds is 2. The Morgan fingerprint density at radius 3 is 2.65 bits per heavy atom. The Morgan fingerprint density at radius 1 is 1.41 bits per heavy atom. The maximum Gasteiger partial charge on any atom is 0.129 e. The minimum atomic E-state index is -0.500. The van der Waals surface area contributed by atoms with Gasteiger partial charge in [0, 0.05) is 14.9 Å². The van der Waals surface area contributed by atoms with Gasteiger partial charge in [-0.25, -0.2) is 9.37 Å². The van der Waals surface area contributed by atoms with Crippen molar-refractivity contribution in [3.8, 4) is 0 Å². The summed E-state index contributed by atoms with van der Waals surface area (Å²) < 4.78 is 14.5. The van der Waals surface area contributed by atoms with Gasteiger partial charge in [-0.3, -0.25) is 0 Å². The molecule has 1 unspecified atom stereocenters. The van der Waals surface area contributed by atoms with E-state index in [4.69, 9.17) is 5.73 Å². The predicted molar refractivity (Wildman–Crippen MR) is 71.7 cm³/mol. The smallest absolute Gasteiger partial charge is 0.129 e. The molecule has 0 saturated heterocycles. The van der Waals surface area contributed by atoms with Crippen molar-refractivity contribution in [2.75, 3.05) is 0 Å². The first-order chi connectivity index (χ1) is 7.99. The average molecular weight is 315 g/mol. The van der Waals surface area contributed by atoms with Crippen molar-refractivity contribution in [3.05, 3.63) is 49.6 Å². The number of aromatic nitrogens is 1. The van der Waals surface area contributed by atoms with Crippen LogP contribution in [0.1, 0.15) is 27.2 Å². The Morgan fingerprint density at radius 2 is 2.12 bits per heavy atom. The van der Waals surface area contributed by atoms with Crippen molar-refractivity contribution in [2.45, 2.75) is 19.9 Å². The zero-order valence-electron chi connectivity index (χ0n) is 9.50. The van der Waals surface area contributed by atoms with Gasteiger partial charge in [0.2, 0.25) is 0 Å². The van der Waals surface area contributed by atoms with E-state index in [1.807, 2.05) is 13.8 Å². The van der Waals surface area contributed by atoms with E-state index in [0.29, 0.717) is 10.0 Å². The molecule has 1 atom stereocenters. The van der Waals surface area contributed by atoms with Crippen LogP contribution in [0.5, 0.6) is 0 Å². The zero-order chi connectivity index (χ0) is 12.6. The van der Waals surface area contributed by atoms with Crippen LogP contribution in [0.2, 0.25) is 0 Å². The first-order valence-corrected chi connectivity index (χ1v) is 6.74. The lowest BCUT2D eigenvalue weighted by molar-refractivity contribution is 0.598. The minimum Gasteiger partial charge on any atom is -0.318 e. The summed E-state index contributed by atoms with van der Waals surface area (Å²) in [6.07, 6.45) is 0. The molecule has 2 N–H and O–H groups in total. The summed E-state index contributed by atoms with van der Waals surface area (Å²) in [6.45, 7) is 3.92. The number of nitrogens with two attached hydrogens (primary N) is 1. The molecule has 1 heterocycles. The SMILES string of the molecule is Cc1nc(C(N)c2ccc(Br)cc2F)sc1C. The van der Waals surface area contributed by atoms with Crippen molar-refractivity contribution < 1.29 is 4.39 Å². The number of thiazole rings is 1. The van der Waals surface area contributed by atoms with Gasteiger partial charge < -0.3 is 5.73 Å². The maximum atomic E-state index is 13.8. The van der Waals surface area contributed by atoms with E-state index in [2.05, 4.69) is 20.9 Å². The Balaban J connectivity index is 2.39. The van der Waals surface area contributed by atoms with Gasteiger partial charge in [0.15, 0.2) is 0 Å². The van der Waals surface area contributed by atoms with Crippen LogP contribution in [0.15, 0.2) is 22.7 Å². The molecule has 5 heteroatoms. The van der Waals surface area contributed by atoms with E-state index in [1.54, 1.807) is 12.1 Å². The van der Waals surface area contributed by atoms with Crippen LogP contribution in [-0.2, 0) is 0 Å². The van der Waals surface area contributed by atoms with Crippen LogP contribution in [0.4, 0.5) is 4.39 Å². The second-order valence-corrected chi connectivity index (χ2v) is 5.99. The third-order valence-electron chi connectivity index (χ3n) is 2.61. The molecule has 1 aromatic carbocycles. The number of benzene rings is 1. The van der Waals surface area contributed by atoms with Crippen molar-refractivity contribution in [3.63, 3.8) is 0 Å². The van der Waals surface area contributed by atoms with Crippen LogP contribution in [0.25, 0.3) is 0 Å². The van der Waals surface area contributed by atoms with Crippen molar-refractivity contribution >= 4 is 27.3 Å². The molecular formula is C12H12BrFN2S. The summed E-state index contributed by atoms with van der Waals surface area (Å²) in [4.78, 5) is 5.48. The highest BCUT2D eigenvalue weighted by molar-refractivity contribution is 9.10. The number of aryl methyl sites for hydroxylation is 2. The molecular weight excluding hydrogens is 303 g/mol. The van der Waals surface area contributed by atoms with Crippen LogP contribution < -0.4 is 5.73 Å². The topological polar surface area (TPSA) is 38.9 Å². The van der Waals surface area contributed by atoms with Gasteiger partial charge in [-0.2, -0.15) is 0 Å². The Bertz CT molecular complexity index is 534. The molecule has 17 heavy (non-hydrogen) atoms. The molecule has 0 spiro atoms. The molecule has 0 aliphatic carbocycles. The summed E-state index contributed by atoms with van der Waals surface area (Å²) in [5, 5.41) is 0.751. The Hall–Kier alpha value is -0.780. The highest BCUT2D eigenvalue weighted by atomic mass is 79.9. The van der Waals surface area contributed by atoms with Gasteiger partial charge in [0.25, 0.3) is 0 Å². The summed E-state index contributed by atoms with van der Waals surface area (Å²) >= 11 is 4.74.